The zero-order valence-corrected chi connectivity index (χ0v) is 11.2. The lowest BCUT2D eigenvalue weighted by atomic mass is 10.2. The first-order chi connectivity index (χ1) is 8.09. The predicted octanol–water partition coefficient (Wildman–Crippen LogP) is 1.51. The van der Waals surface area contributed by atoms with E-state index >= 15 is 0 Å². The third kappa shape index (κ3) is 2.58. The molecular weight excluding hydrogens is 238 g/mol. The van der Waals surface area contributed by atoms with Crippen molar-refractivity contribution in [2.75, 3.05) is 33.9 Å². The Labute approximate surface area is 105 Å². The number of carbonyl (C=O) groups is 1. The van der Waals surface area contributed by atoms with Crippen molar-refractivity contribution >= 4 is 17.4 Å². The molecule has 94 valence electrons. The number of ether oxygens (including phenoxy) is 1. The SMILES string of the molecule is Cc1nc(C2COCCN2C(=O)N(C)C)cs1. The number of amides is 2. The van der Waals surface area contributed by atoms with Crippen molar-refractivity contribution in [3.63, 3.8) is 0 Å². The van der Waals surface area contributed by atoms with E-state index in [4.69, 9.17) is 4.74 Å². The van der Waals surface area contributed by atoms with Gasteiger partial charge in [-0.05, 0) is 6.92 Å². The van der Waals surface area contributed by atoms with Crippen LogP contribution in [0.5, 0.6) is 0 Å². The van der Waals surface area contributed by atoms with E-state index in [0.717, 1.165) is 10.7 Å². The van der Waals surface area contributed by atoms with Crippen molar-refractivity contribution in [2.45, 2.75) is 13.0 Å². The van der Waals surface area contributed by atoms with Crippen LogP contribution in [0.3, 0.4) is 0 Å². The van der Waals surface area contributed by atoms with E-state index in [1.807, 2.05) is 17.2 Å². The van der Waals surface area contributed by atoms with E-state index in [9.17, 15) is 4.79 Å². The lowest BCUT2D eigenvalue weighted by molar-refractivity contribution is 0.00476. The highest BCUT2D eigenvalue weighted by atomic mass is 32.1. The molecule has 1 aromatic rings. The minimum Gasteiger partial charge on any atom is -0.377 e. The first kappa shape index (κ1) is 12.3. The van der Waals surface area contributed by atoms with Gasteiger partial charge in [-0.1, -0.05) is 0 Å². The Bertz CT molecular complexity index is 405. The number of rotatable bonds is 1. The van der Waals surface area contributed by atoms with Gasteiger partial charge >= 0.3 is 6.03 Å². The highest BCUT2D eigenvalue weighted by Crippen LogP contribution is 2.26. The first-order valence-electron chi connectivity index (χ1n) is 5.57. The molecule has 0 radical (unpaired) electrons. The third-order valence-electron chi connectivity index (χ3n) is 2.73. The minimum atomic E-state index is -0.0522. The monoisotopic (exact) mass is 255 g/mol. The van der Waals surface area contributed by atoms with Crippen LogP contribution in [0.25, 0.3) is 0 Å². The van der Waals surface area contributed by atoms with Gasteiger partial charge in [0.05, 0.1) is 23.9 Å². The summed E-state index contributed by atoms with van der Waals surface area (Å²) in [5.41, 5.74) is 0.933. The fourth-order valence-electron chi connectivity index (χ4n) is 1.87. The molecule has 0 aliphatic carbocycles. The Morgan fingerprint density at radius 1 is 1.65 bits per heavy atom. The van der Waals surface area contributed by atoms with E-state index in [2.05, 4.69) is 4.98 Å². The van der Waals surface area contributed by atoms with Gasteiger partial charge in [0.15, 0.2) is 0 Å². The molecule has 0 N–H and O–H groups in total. The number of aryl methyl sites for hydroxylation is 1. The number of morpholine rings is 1. The van der Waals surface area contributed by atoms with Crippen molar-refractivity contribution in [3.8, 4) is 0 Å². The van der Waals surface area contributed by atoms with Crippen LogP contribution >= 0.6 is 11.3 Å². The van der Waals surface area contributed by atoms with Crippen molar-refractivity contribution < 1.29 is 9.53 Å². The quantitative estimate of drug-likeness (QED) is 0.764. The molecule has 2 heterocycles. The molecule has 17 heavy (non-hydrogen) atoms. The van der Waals surface area contributed by atoms with E-state index in [0.29, 0.717) is 19.8 Å². The topological polar surface area (TPSA) is 45.7 Å². The fraction of sp³-hybridized carbons (Fsp3) is 0.636. The average molecular weight is 255 g/mol. The minimum absolute atomic E-state index is 0.0175. The van der Waals surface area contributed by atoms with E-state index in [1.54, 1.807) is 30.3 Å². The number of thiazole rings is 1. The van der Waals surface area contributed by atoms with Crippen molar-refractivity contribution in [1.29, 1.82) is 0 Å². The number of nitrogens with zero attached hydrogens (tertiary/aromatic N) is 3. The largest absolute Gasteiger partial charge is 0.377 e. The summed E-state index contributed by atoms with van der Waals surface area (Å²) in [6.07, 6.45) is 0. The molecule has 0 bridgehead atoms. The van der Waals surface area contributed by atoms with Crippen LogP contribution in [0, 0.1) is 6.92 Å². The summed E-state index contributed by atoms with van der Waals surface area (Å²) in [5, 5.41) is 3.02. The lowest BCUT2D eigenvalue weighted by Gasteiger charge is -2.36. The Hall–Kier alpha value is -1.14. The van der Waals surface area contributed by atoms with Gasteiger partial charge in [-0.25, -0.2) is 9.78 Å². The van der Waals surface area contributed by atoms with Crippen LogP contribution in [0.4, 0.5) is 4.79 Å². The van der Waals surface area contributed by atoms with Gasteiger partial charge in [-0.2, -0.15) is 0 Å². The number of hydrogen-bond donors (Lipinski definition) is 0. The number of carbonyl (C=O) groups excluding carboxylic acids is 1. The van der Waals surface area contributed by atoms with Gasteiger partial charge in [0.2, 0.25) is 0 Å². The van der Waals surface area contributed by atoms with Crippen molar-refractivity contribution in [1.82, 2.24) is 14.8 Å². The molecule has 1 aromatic heterocycles. The first-order valence-corrected chi connectivity index (χ1v) is 6.45. The van der Waals surface area contributed by atoms with E-state index in [-0.39, 0.29) is 12.1 Å². The zero-order valence-electron chi connectivity index (χ0n) is 10.3. The van der Waals surface area contributed by atoms with Gasteiger partial charge in [-0.3, -0.25) is 0 Å². The molecule has 5 nitrogen and oxygen atoms in total. The summed E-state index contributed by atoms with van der Waals surface area (Å²) in [5.74, 6) is 0. The third-order valence-corrected chi connectivity index (χ3v) is 3.53. The molecule has 2 amide bonds. The summed E-state index contributed by atoms with van der Waals surface area (Å²) in [7, 11) is 3.53. The Morgan fingerprint density at radius 3 is 3.00 bits per heavy atom. The lowest BCUT2D eigenvalue weighted by Crippen LogP contribution is -2.47. The summed E-state index contributed by atoms with van der Waals surface area (Å²) in [6, 6.07) is -0.0347. The Morgan fingerprint density at radius 2 is 2.41 bits per heavy atom. The maximum Gasteiger partial charge on any atom is 0.320 e. The van der Waals surface area contributed by atoms with Gasteiger partial charge in [0.25, 0.3) is 0 Å². The predicted molar refractivity (Wildman–Crippen MR) is 66.2 cm³/mol. The van der Waals surface area contributed by atoms with E-state index in [1.165, 1.54) is 0 Å². The van der Waals surface area contributed by atoms with Crippen LogP contribution in [0.2, 0.25) is 0 Å². The molecule has 1 aliphatic rings. The van der Waals surface area contributed by atoms with Crippen LogP contribution < -0.4 is 0 Å². The molecule has 0 aromatic carbocycles. The molecule has 2 rings (SSSR count). The maximum atomic E-state index is 12.1. The van der Waals surface area contributed by atoms with Gasteiger partial charge in [-0.15, -0.1) is 11.3 Å². The number of urea groups is 1. The second-order valence-corrected chi connectivity index (χ2v) is 5.31. The van der Waals surface area contributed by atoms with Gasteiger partial charge in [0.1, 0.15) is 6.04 Å². The summed E-state index contributed by atoms with van der Waals surface area (Å²) in [6.45, 7) is 3.72. The average Bonchev–Trinajstić information content (AvgIpc) is 2.74. The number of aromatic nitrogens is 1. The Kier molecular flexibility index (Phi) is 3.63. The Balaban J connectivity index is 2.20. The van der Waals surface area contributed by atoms with E-state index < -0.39 is 0 Å². The van der Waals surface area contributed by atoms with Gasteiger partial charge in [0, 0.05) is 26.0 Å². The summed E-state index contributed by atoms with van der Waals surface area (Å²) >= 11 is 1.60. The summed E-state index contributed by atoms with van der Waals surface area (Å²) in [4.78, 5) is 19.9. The molecule has 1 aliphatic heterocycles. The molecule has 0 saturated carbocycles. The normalized spacial score (nSPS) is 20.4. The molecule has 1 unspecified atom stereocenters. The smallest absolute Gasteiger partial charge is 0.320 e. The van der Waals surface area contributed by atoms with Crippen LogP contribution in [-0.2, 0) is 4.74 Å². The second kappa shape index (κ2) is 5.01. The highest BCUT2D eigenvalue weighted by Gasteiger charge is 2.30. The van der Waals surface area contributed by atoms with Crippen LogP contribution in [0.1, 0.15) is 16.7 Å². The maximum absolute atomic E-state index is 12.1. The van der Waals surface area contributed by atoms with Crippen molar-refractivity contribution in [3.05, 3.63) is 16.1 Å². The molecule has 1 atom stereocenters. The molecule has 0 spiro atoms. The second-order valence-electron chi connectivity index (χ2n) is 4.25. The van der Waals surface area contributed by atoms with Crippen molar-refractivity contribution in [2.24, 2.45) is 0 Å². The van der Waals surface area contributed by atoms with Crippen LogP contribution in [0.15, 0.2) is 5.38 Å². The fourth-order valence-corrected chi connectivity index (χ4v) is 2.53. The standard InChI is InChI=1S/C11H17N3O2S/c1-8-12-9(7-17-8)10-6-16-5-4-14(10)11(15)13(2)3/h7,10H,4-6H2,1-3H3. The zero-order chi connectivity index (χ0) is 12.4. The summed E-state index contributed by atoms with van der Waals surface area (Å²) < 4.78 is 5.46. The molecular formula is C11H17N3O2S. The van der Waals surface area contributed by atoms with Gasteiger partial charge < -0.3 is 14.5 Å². The number of hydrogen-bond acceptors (Lipinski definition) is 4. The van der Waals surface area contributed by atoms with Crippen LogP contribution in [-0.4, -0.2) is 54.7 Å². The highest BCUT2D eigenvalue weighted by molar-refractivity contribution is 7.09. The molecule has 6 heteroatoms. The molecule has 1 saturated heterocycles. The molecule has 1 fully saturated rings.